The molecule has 16 heavy (non-hydrogen) atoms. The van der Waals surface area contributed by atoms with Gasteiger partial charge in [-0.1, -0.05) is 0 Å². The number of hydrogen-bond donors (Lipinski definition) is 2. The molecule has 1 atom stereocenters. The van der Waals surface area contributed by atoms with Gasteiger partial charge in [-0.25, -0.2) is 22.0 Å². The van der Waals surface area contributed by atoms with Gasteiger partial charge in [0, 0.05) is 5.56 Å². The lowest BCUT2D eigenvalue weighted by atomic mass is 10.1. The summed E-state index contributed by atoms with van der Waals surface area (Å²) in [6, 6.07) is -1.66. The molecule has 0 aliphatic rings. The zero-order valence-electron chi connectivity index (χ0n) is 7.61. The predicted octanol–water partition coefficient (Wildman–Crippen LogP) is 1.80. The lowest BCUT2D eigenvalue weighted by Gasteiger charge is -2.12. The molecule has 0 aliphatic carbocycles. The fourth-order valence-corrected chi connectivity index (χ4v) is 1.04. The average molecular weight is 264 g/mol. The van der Waals surface area contributed by atoms with E-state index in [2.05, 4.69) is 0 Å². The topological polar surface area (TPSA) is 46.2 Å². The van der Waals surface area contributed by atoms with Crippen LogP contribution in [0.2, 0.25) is 0 Å². The number of aliphatic hydroxyl groups excluding tert-OH is 1. The van der Waals surface area contributed by atoms with Crippen LogP contribution in [0.5, 0.6) is 0 Å². The Bertz CT molecular complexity index is 372. The van der Waals surface area contributed by atoms with Crippen LogP contribution < -0.4 is 5.73 Å². The standard InChI is InChI=1S/C8H6F5NO.ClH/c9-4-3(2(14)1-15)5(10)7(12)8(13)6(4)11;/h2,15H,1,14H2;1H/t2-;/m1./s1. The number of halogens is 6. The molecule has 0 aliphatic heterocycles. The first-order valence-electron chi connectivity index (χ1n) is 3.79. The minimum atomic E-state index is -2.25. The highest BCUT2D eigenvalue weighted by Crippen LogP contribution is 2.26. The molecule has 2 nitrogen and oxygen atoms in total. The van der Waals surface area contributed by atoms with Crippen molar-refractivity contribution in [3.05, 3.63) is 34.6 Å². The summed E-state index contributed by atoms with van der Waals surface area (Å²) >= 11 is 0. The Morgan fingerprint density at radius 3 is 1.50 bits per heavy atom. The highest BCUT2D eigenvalue weighted by atomic mass is 35.5. The molecule has 1 aromatic carbocycles. The van der Waals surface area contributed by atoms with Crippen molar-refractivity contribution in [1.29, 1.82) is 0 Å². The molecule has 0 heterocycles. The van der Waals surface area contributed by atoms with E-state index in [9.17, 15) is 22.0 Å². The summed E-state index contributed by atoms with van der Waals surface area (Å²) in [4.78, 5) is 0. The summed E-state index contributed by atoms with van der Waals surface area (Å²) < 4.78 is 63.6. The second-order valence-corrected chi connectivity index (χ2v) is 2.77. The summed E-state index contributed by atoms with van der Waals surface area (Å²) in [6.45, 7) is -0.932. The van der Waals surface area contributed by atoms with E-state index < -0.39 is 47.3 Å². The van der Waals surface area contributed by atoms with Gasteiger partial charge in [0.2, 0.25) is 5.82 Å². The molecule has 0 radical (unpaired) electrons. The molecule has 0 fully saturated rings. The number of nitrogens with two attached hydrogens (primary N) is 1. The van der Waals surface area contributed by atoms with Crippen LogP contribution in [0.4, 0.5) is 22.0 Å². The van der Waals surface area contributed by atoms with Crippen LogP contribution in [0.1, 0.15) is 11.6 Å². The minimum absolute atomic E-state index is 0. The van der Waals surface area contributed by atoms with Gasteiger partial charge < -0.3 is 10.8 Å². The van der Waals surface area contributed by atoms with E-state index >= 15 is 0 Å². The fraction of sp³-hybridized carbons (Fsp3) is 0.250. The maximum Gasteiger partial charge on any atom is 0.200 e. The van der Waals surface area contributed by atoms with Crippen molar-refractivity contribution in [3.8, 4) is 0 Å². The van der Waals surface area contributed by atoms with Crippen molar-refractivity contribution >= 4 is 12.4 Å². The maximum absolute atomic E-state index is 12.9. The van der Waals surface area contributed by atoms with Crippen LogP contribution in [0.25, 0.3) is 0 Å². The third-order valence-corrected chi connectivity index (χ3v) is 1.81. The molecule has 8 heteroatoms. The van der Waals surface area contributed by atoms with Crippen LogP contribution in [0, 0.1) is 29.1 Å². The second-order valence-electron chi connectivity index (χ2n) is 2.77. The Morgan fingerprint density at radius 1 is 0.875 bits per heavy atom. The predicted molar refractivity (Wildman–Crippen MR) is 47.5 cm³/mol. The van der Waals surface area contributed by atoms with E-state index in [0.29, 0.717) is 0 Å². The van der Waals surface area contributed by atoms with Gasteiger partial charge in [0.25, 0.3) is 0 Å². The highest BCUT2D eigenvalue weighted by molar-refractivity contribution is 5.85. The van der Waals surface area contributed by atoms with Crippen molar-refractivity contribution in [1.82, 2.24) is 0 Å². The first-order chi connectivity index (χ1) is 6.91. The van der Waals surface area contributed by atoms with Gasteiger partial charge >= 0.3 is 0 Å². The van der Waals surface area contributed by atoms with Crippen molar-refractivity contribution in [2.24, 2.45) is 5.73 Å². The average Bonchev–Trinajstić information content (AvgIpc) is 2.23. The fourth-order valence-electron chi connectivity index (χ4n) is 1.04. The molecule has 0 bridgehead atoms. The first kappa shape index (κ1) is 15.1. The molecule has 1 rings (SSSR count). The van der Waals surface area contributed by atoms with Crippen LogP contribution in [-0.4, -0.2) is 11.7 Å². The van der Waals surface area contributed by atoms with E-state index in [-0.39, 0.29) is 12.4 Å². The molecule has 3 N–H and O–H groups in total. The van der Waals surface area contributed by atoms with Crippen molar-refractivity contribution in [2.75, 3.05) is 6.61 Å². The van der Waals surface area contributed by atoms with E-state index in [0.717, 1.165) is 0 Å². The zero-order chi connectivity index (χ0) is 11.7. The molecule has 0 spiro atoms. The largest absolute Gasteiger partial charge is 0.394 e. The lowest BCUT2D eigenvalue weighted by Crippen LogP contribution is -2.20. The van der Waals surface area contributed by atoms with Gasteiger partial charge in [0.1, 0.15) is 0 Å². The lowest BCUT2D eigenvalue weighted by molar-refractivity contribution is 0.257. The Balaban J connectivity index is 0.00000225. The third-order valence-electron chi connectivity index (χ3n) is 1.81. The quantitative estimate of drug-likeness (QED) is 0.485. The van der Waals surface area contributed by atoms with Crippen LogP contribution in [0.3, 0.4) is 0 Å². The van der Waals surface area contributed by atoms with E-state index in [1.807, 2.05) is 0 Å². The summed E-state index contributed by atoms with van der Waals surface area (Å²) in [7, 11) is 0. The van der Waals surface area contributed by atoms with Gasteiger partial charge in [-0.15, -0.1) is 12.4 Å². The van der Waals surface area contributed by atoms with Gasteiger partial charge in [0.05, 0.1) is 12.6 Å². The van der Waals surface area contributed by atoms with Crippen LogP contribution >= 0.6 is 12.4 Å². The molecule has 92 valence electrons. The van der Waals surface area contributed by atoms with Gasteiger partial charge in [-0.05, 0) is 0 Å². The Kier molecular flexibility index (Phi) is 5.11. The van der Waals surface area contributed by atoms with Crippen molar-refractivity contribution < 1.29 is 27.1 Å². The number of benzene rings is 1. The second kappa shape index (κ2) is 5.42. The number of aliphatic hydroxyl groups is 1. The Morgan fingerprint density at radius 2 is 1.19 bits per heavy atom. The van der Waals surface area contributed by atoms with Gasteiger partial charge in [-0.3, -0.25) is 0 Å². The van der Waals surface area contributed by atoms with Gasteiger partial charge in [-0.2, -0.15) is 0 Å². The van der Waals surface area contributed by atoms with Crippen molar-refractivity contribution in [2.45, 2.75) is 6.04 Å². The molecule has 0 unspecified atom stereocenters. The summed E-state index contributed by atoms with van der Waals surface area (Å²) in [5.41, 5.74) is 3.78. The molecular formula is C8H7ClF5NO. The van der Waals surface area contributed by atoms with Gasteiger partial charge in [0.15, 0.2) is 23.3 Å². The summed E-state index contributed by atoms with van der Waals surface area (Å²) in [6.07, 6.45) is 0. The summed E-state index contributed by atoms with van der Waals surface area (Å²) in [5, 5.41) is 8.49. The normalized spacial score (nSPS) is 12.2. The minimum Gasteiger partial charge on any atom is -0.394 e. The molecule has 0 saturated heterocycles. The molecule has 0 saturated carbocycles. The summed E-state index contributed by atoms with van der Waals surface area (Å²) in [5.74, 6) is -10.4. The van der Waals surface area contributed by atoms with Crippen LogP contribution in [-0.2, 0) is 0 Å². The molecular weight excluding hydrogens is 257 g/mol. The molecule has 0 aromatic heterocycles. The Hall–Kier alpha value is -0.920. The molecule has 1 aromatic rings. The Labute approximate surface area is 93.3 Å². The molecule has 0 amide bonds. The van der Waals surface area contributed by atoms with E-state index in [1.165, 1.54) is 0 Å². The smallest absolute Gasteiger partial charge is 0.200 e. The SMILES string of the molecule is Cl.N[C@H](CO)c1c(F)c(F)c(F)c(F)c1F. The van der Waals surface area contributed by atoms with Crippen LogP contribution in [0.15, 0.2) is 0 Å². The third kappa shape index (κ3) is 2.26. The zero-order valence-corrected chi connectivity index (χ0v) is 8.42. The van der Waals surface area contributed by atoms with Crippen molar-refractivity contribution in [3.63, 3.8) is 0 Å². The number of rotatable bonds is 2. The first-order valence-corrected chi connectivity index (χ1v) is 3.79. The number of hydrogen-bond acceptors (Lipinski definition) is 2. The van der Waals surface area contributed by atoms with E-state index in [1.54, 1.807) is 0 Å². The monoisotopic (exact) mass is 263 g/mol. The van der Waals surface area contributed by atoms with E-state index in [4.69, 9.17) is 10.8 Å². The maximum atomic E-state index is 12.9. The highest BCUT2D eigenvalue weighted by Gasteiger charge is 2.28.